The van der Waals surface area contributed by atoms with Gasteiger partial charge < -0.3 is 16.4 Å². The third-order valence-electron chi connectivity index (χ3n) is 4.32. The SMILES string of the molecule is CC(=O)NCCNc1nc(-c2ccc(=O)n(C(C)C)n2)c(-c2ccccc2)nc1N. The van der Waals surface area contributed by atoms with E-state index in [2.05, 4.69) is 25.7 Å². The van der Waals surface area contributed by atoms with Crippen LogP contribution >= 0.6 is 0 Å². The molecule has 0 unspecified atom stereocenters. The first-order chi connectivity index (χ1) is 14.4. The standard InChI is InChI=1S/C21H25N7O2/c1-13(2)28-17(30)10-9-16(27-28)19-18(15-7-5-4-6-8-15)25-20(22)21(26-19)24-12-11-23-14(3)29/h4-10,13H,11-12H2,1-3H3,(H2,22,25)(H,23,29)(H,24,26). The highest BCUT2D eigenvalue weighted by Crippen LogP contribution is 2.31. The van der Waals surface area contributed by atoms with Crippen LogP contribution in [0.25, 0.3) is 22.6 Å². The van der Waals surface area contributed by atoms with Crippen LogP contribution in [0.3, 0.4) is 0 Å². The van der Waals surface area contributed by atoms with Gasteiger partial charge in [-0.25, -0.2) is 14.6 Å². The Labute approximate surface area is 174 Å². The average molecular weight is 407 g/mol. The highest BCUT2D eigenvalue weighted by Gasteiger charge is 2.18. The Hall–Kier alpha value is -3.75. The maximum atomic E-state index is 12.1. The number of carbonyl (C=O) groups excluding carboxylic acids is 1. The van der Waals surface area contributed by atoms with Crippen molar-refractivity contribution in [2.75, 3.05) is 24.1 Å². The van der Waals surface area contributed by atoms with Gasteiger partial charge in [-0.15, -0.1) is 0 Å². The number of rotatable bonds is 7. The molecule has 0 aliphatic carbocycles. The van der Waals surface area contributed by atoms with Crippen LogP contribution < -0.4 is 21.9 Å². The number of aromatic nitrogens is 4. The molecule has 0 atom stereocenters. The number of carbonyl (C=O) groups is 1. The van der Waals surface area contributed by atoms with E-state index in [1.165, 1.54) is 17.7 Å². The first-order valence-electron chi connectivity index (χ1n) is 9.68. The van der Waals surface area contributed by atoms with Gasteiger partial charge in [-0.1, -0.05) is 30.3 Å². The van der Waals surface area contributed by atoms with Gasteiger partial charge in [-0.05, 0) is 19.9 Å². The summed E-state index contributed by atoms with van der Waals surface area (Å²) in [4.78, 5) is 32.4. The van der Waals surface area contributed by atoms with E-state index in [0.717, 1.165) is 5.56 Å². The zero-order valence-electron chi connectivity index (χ0n) is 17.2. The normalized spacial score (nSPS) is 10.8. The lowest BCUT2D eigenvalue weighted by Gasteiger charge is -2.15. The van der Waals surface area contributed by atoms with Crippen molar-refractivity contribution < 1.29 is 4.79 Å². The Morgan fingerprint density at radius 2 is 1.80 bits per heavy atom. The highest BCUT2D eigenvalue weighted by atomic mass is 16.1. The van der Waals surface area contributed by atoms with E-state index in [-0.39, 0.29) is 23.3 Å². The third-order valence-corrected chi connectivity index (χ3v) is 4.32. The second kappa shape index (κ2) is 9.17. The summed E-state index contributed by atoms with van der Waals surface area (Å²) >= 11 is 0. The van der Waals surface area contributed by atoms with Crippen molar-refractivity contribution in [3.8, 4) is 22.6 Å². The van der Waals surface area contributed by atoms with Crippen LogP contribution in [-0.2, 0) is 4.79 Å². The molecular weight excluding hydrogens is 382 g/mol. The number of hydrogen-bond donors (Lipinski definition) is 3. The molecule has 0 saturated heterocycles. The summed E-state index contributed by atoms with van der Waals surface area (Å²) in [6, 6.07) is 12.5. The fourth-order valence-corrected chi connectivity index (χ4v) is 2.90. The number of nitrogens with one attached hydrogen (secondary N) is 2. The predicted molar refractivity (Wildman–Crippen MR) is 117 cm³/mol. The van der Waals surface area contributed by atoms with Crippen molar-refractivity contribution >= 4 is 17.5 Å². The largest absolute Gasteiger partial charge is 0.381 e. The molecule has 3 aromatic rings. The van der Waals surface area contributed by atoms with Crippen LogP contribution in [0.4, 0.5) is 11.6 Å². The van der Waals surface area contributed by atoms with Gasteiger partial charge in [0.2, 0.25) is 5.91 Å². The molecule has 0 fully saturated rings. The van der Waals surface area contributed by atoms with Crippen molar-refractivity contribution in [1.29, 1.82) is 0 Å². The van der Waals surface area contributed by atoms with E-state index in [4.69, 9.17) is 5.73 Å². The lowest BCUT2D eigenvalue weighted by Crippen LogP contribution is -2.27. The van der Waals surface area contributed by atoms with Gasteiger partial charge in [-0.2, -0.15) is 5.10 Å². The second-order valence-corrected chi connectivity index (χ2v) is 7.03. The summed E-state index contributed by atoms with van der Waals surface area (Å²) in [5.41, 5.74) is 8.39. The van der Waals surface area contributed by atoms with Gasteiger partial charge in [-0.3, -0.25) is 9.59 Å². The van der Waals surface area contributed by atoms with Gasteiger partial charge in [0, 0.05) is 31.6 Å². The number of amides is 1. The van der Waals surface area contributed by atoms with Crippen molar-refractivity contribution in [3.63, 3.8) is 0 Å². The molecular formula is C21H25N7O2. The lowest BCUT2D eigenvalue weighted by atomic mass is 10.1. The molecule has 30 heavy (non-hydrogen) atoms. The van der Waals surface area contributed by atoms with E-state index in [1.54, 1.807) is 6.07 Å². The zero-order valence-corrected chi connectivity index (χ0v) is 17.2. The Balaban J connectivity index is 2.08. The van der Waals surface area contributed by atoms with E-state index < -0.39 is 0 Å². The second-order valence-electron chi connectivity index (χ2n) is 7.03. The number of nitrogens with two attached hydrogens (primary N) is 1. The molecule has 0 aliphatic heterocycles. The molecule has 2 aromatic heterocycles. The van der Waals surface area contributed by atoms with E-state index >= 15 is 0 Å². The number of benzene rings is 1. The van der Waals surface area contributed by atoms with Crippen molar-refractivity contribution in [2.45, 2.75) is 26.8 Å². The maximum Gasteiger partial charge on any atom is 0.267 e. The zero-order chi connectivity index (χ0) is 21.7. The summed E-state index contributed by atoms with van der Waals surface area (Å²) in [5, 5.41) is 10.3. The monoisotopic (exact) mass is 407 g/mol. The molecule has 1 aromatic carbocycles. The summed E-state index contributed by atoms with van der Waals surface area (Å²) in [6.45, 7) is 6.08. The van der Waals surface area contributed by atoms with Crippen LogP contribution in [0.5, 0.6) is 0 Å². The first-order valence-corrected chi connectivity index (χ1v) is 9.68. The van der Waals surface area contributed by atoms with Crippen LogP contribution in [0.2, 0.25) is 0 Å². The van der Waals surface area contributed by atoms with Gasteiger partial charge in [0.25, 0.3) is 5.56 Å². The first kappa shape index (κ1) is 21.0. The quantitative estimate of drug-likeness (QED) is 0.512. The number of nitrogen functional groups attached to an aromatic ring is 1. The molecule has 0 bridgehead atoms. The lowest BCUT2D eigenvalue weighted by molar-refractivity contribution is -0.118. The molecule has 4 N–H and O–H groups in total. The summed E-state index contributed by atoms with van der Waals surface area (Å²) < 4.78 is 1.41. The van der Waals surface area contributed by atoms with E-state index in [9.17, 15) is 9.59 Å². The molecule has 1 amide bonds. The Morgan fingerprint density at radius 3 is 2.47 bits per heavy atom. The topological polar surface area (TPSA) is 128 Å². The highest BCUT2D eigenvalue weighted by molar-refractivity contribution is 5.79. The maximum absolute atomic E-state index is 12.1. The van der Waals surface area contributed by atoms with Gasteiger partial charge in [0.05, 0.1) is 6.04 Å². The molecule has 9 heteroatoms. The molecule has 0 saturated carbocycles. The van der Waals surface area contributed by atoms with Crippen molar-refractivity contribution in [1.82, 2.24) is 25.1 Å². The molecule has 0 spiro atoms. The summed E-state index contributed by atoms with van der Waals surface area (Å²) in [6.07, 6.45) is 0. The van der Waals surface area contributed by atoms with E-state index in [1.807, 2.05) is 44.2 Å². The van der Waals surface area contributed by atoms with E-state index in [0.29, 0.717) is 36.0 Å². The summed E-state index contributed by atoms with van der Waals surface area (Å²) in [5.74, 6) is 0.507. The van der Waals surface area contributed by atoms with Crippen LogP contribution in [-0.4, -0.2) is 38.7 Å². The fourth-order valence-electron chi connectivity index (χ4n) is 2.90. The minimum absolute atomic E-state index is 0.102. The van der Waals surface area contributed by atoms with Crippen LogP contribution in [0.15, 0.2) is 47.3 Å². The van der Waals surface area contributed by atoms with Crippen molar-refractivity contribution in [2.24, 2.45) is 0 Å². The minimum atomic E-state index is -0.188. The number of hydrogen-bond acceptors (Lipinski definition) is 7. The molecule has 9 nitrogen and oxygen atoms in total. The predicted octanol–water partition coefficient (Wildman–Crippen LogP) is 2.08. The van der Waals surface area contributed by atoms with Crippen LogP contribution in [0, 0.1) is 0 Å². The Bertz CT molecular complexity index is 1090. The molecule has 2 heterocycles. The number of anilines is 2. The van der Waals surface area contributed by atoms with Crippen molar-refractivity contribution in [3.05, 3.63) is 52.8 Å². The fraction of sp³-hybridized carbons (Fsp3) is 0.286. The smallest absolute Gasteiger partial charge is 0.267 e. The number of nitrogens with zero attached hydrogens (tertiary/aromatic N) is 4. The third kappa shape index (κ3) is 4.80. The molecule has 0 aliphatic rings. The molecule has 3 rings (SSSR count). The summed E-state index contributed by atoms with van der Waals surface area (Å²) in [7, 11) is 0. The average Bonchev–Trinajstić information content (AvgIpc) is 2.72. The molecule has 156 valence electrons. The van der Waals surface area contributed by atoms with Crippen LogP contribution in [0.1, 0.15) is 26.8 Å². The Morgan fingerprint density at radius 1 is 1.07 bits per heavy atom. The molecule has 0 radical (unpaired) electrons. The van der Waals surface area contributed by atoms with Gasteiger partial charge >= 0.3 is 0 Å². The Kier molecular flexibility index (Phi) is 6.41. The van der Waals surface area contributed by atoms with Gasteiger partial charge in [0.1, 0.15) is 17.1 Å². The minimum Gasteiger partial charge on any atom is -0.381 e. The van der Waals surface area contributed by atoms with Gasteiger partial charge in [0.15, 0.2) is 11.6 Å².